The van der Waals surface area contributed by atoms with E-state index in [2.05, 4.69) is 5.32 Å². The third kappa shape index (κ3) is 4.38. The maximum Gasteiger partial charge on any atom is 0.336 e. The summed E-state index contributed by atoms with van der Waals surface area (Å²) in [5.41, 5.74) is 0.698. The lowest BCUT2D eigenvalue weighted by molar-refractivity contribution is -0.122. The van der Waals surface area contributed by atoms with Crippen LogP contribution in [-0.2, 0) is 16.2 Å². The van der Waals surface area contributed by atoms with Gasteiger partial charge in [-0.3, -0.25) is 14.9 Å². The summed E-state index contributed by atoms with van der Waals surface area (Å²) >= 11 is 6.00. The van der Waals surface area contributed by atoms with E-state index in [4.69, 9.17) is 16.3 Å². The molecule has 1 heterocycles. The number of benzene rings is 3. The van der Waals surface area contributed by atoms with Gasteiger partial charge in [0.15, 0.2) is 0 Å². The van der Waals surface area contributed by atoms with Crippen LogP contribution in [-0.4, -0.2) is 17.8 Å². The van der Waals surface area contributed by atoms with E-state index < -0.39 is 23.7 Å². The van der Waals surface area contributed by atoms with Gasteiger partial charge in [0.25, 0.3) is 11.8 Å². The second-order valence-corrected chi connectivity index (χ2v) is 7.30. The zero-order valence-corrected chi connectivity index (χ0v) is 17.3. The molecule has 32 heavy (non-hydrogen) atoms. The number of hydrogen-bond donors (Lipinski definition) is 1. The summed E-state index contributed by atoms with van der Waals surface area (Å²) < 4.78 is 20.1. The molecule has 3 aromatic rings. The molecular weight excluding hydrogens is 435 g/mol. The van der Waals surface area contributed by atoms with E-state index >= 15 is 0 Å². The molecule has 0 bridgehead atoms. The van der Waals surface area contributed by atoms with Crippen molar-refractivity contribution >= 4 is 41.2 Å². The summed E-state index contributed by atoms with van der Waals surface area (Å²) in [5, 5.41) is 2.65. The summed E-state index contributed by atoms with van der Waals surface area (Å²) in [6.45, 7) is 0.209. The monoisotopic (exact) mass is 450 g/mol. The molecular formula is C24H16ClFN2O4. The van der Waals surface area contributed by atoms with Crippen LogP contribution in [0.4, 0.5) is 14.9 Å². The Labute approximate surface area is 187 Å². The Bertz CT molecular complexity index is 1260. The number of barbiturate groups is 1. The number of rotatable bonds is 5. The number of nitrogens with one attached hydrogen (secondary N) is 1. The maximum atomic E-state index is 14.2. The molecule has 0 aliphatic carbocycles. The van der Waals surface area contributed by atoms with Crippen LogP contribution in [0, 0.1) is 5.82 Å². The van der Waals surface area contributed by atoms with Gasteiger partial charge in [-0.2, -0.15) is 0 Å². The van der Waals surface area contributed by atoms with Gasteiger partial charge in [-0.15, -0.1) is 0 Å². The highest BCUT2D eigenvalue weighted by Gasteiger charge is 2.38. The number of amides is 4. The van der Waals surface area contributed by atoms with Gasteiger partial charge in [-0.05, 0) is 42.0 Å². The van der Waals surface area contributed by atoms with Crippen molar-refractivity contribution in [1.82, 2.24) is 5.32 Å². The van der Waals surface area contributed by atoms with Gasteiger partial charge in [0.2, 0.25) is 0 Å². The lowest BCUT2D eigenvalue weighted by Crippen LogP contribution is -2.54. The van der Waals surface area contributed by atoms with Crippen molar-refractivity contribution in [3.8, 4) is 5.75 Å². The molecule has 160 valence electrons. The SMILES string of the molecule is O=C1NC(=O)N(c2ccccc2F)C(=O)/C1=C\c1ccccc1OCc1cccc(Cl)c1. The van der Waals surface area contributed by atoms with E-state index in [0.29, 0.717) is 21.2 Å². The zero-order valence-electron chi connectivity index (χ0n) is 16.5. The molecule has 1 fully saturated rings. The first-order valence-electron chi connectivity index (χ1n) is 9.56. The Hall–Kier alpha value is -3.97. The Kier molecular flexibility index (Phi) is 6.00. The Morgan fingerprint density at radius 1 is 0.969 bits per heavy atom. The van der Waals surface area contributed by atoms with Crippen LogP contribution < -0.4 is 15.0 Å². The summed E-state index contributed by atoms with van der Waals surface area (Å²) in [7, 11) is 0. The maximum absolute atomic E-state index is 14.2. The molecule has 1 N–H and O–H groups in total. The molecule has 1 saturated heterocycles. The zero-order chi connectivity index (χ0) is 22.7. The minimum atomic E-state index is -1.02. The molecule has 0 spiro atoms. The van der Waals surface area contributed by atoms with E-state index in [9.17, 15) is 18.8 Å². The molecule has 4 amide bonds. The number of ether oxygens (including phenoxy) is 1. The molecule has 0 unspecified atom stereocenters. The Morgan fingerprint density at radius 2 is 1.72 bits per heavy atom. The molecule has 8 heteroatoms. The molecule has 1 aliphatic rings. The average Bonchev–Trinajstić information content (AvgIpc) is 2.77. The number of para-hydroxylation sites is 2. The minimum Gasteiger partial charge on any atom is -0.488 e. The van der Waals surface area contributed by atoms with E-state index in [-0.39, 0.29) is 17.9 Å². The van der Waals surface area contributed by atoms with Crippen LogP contribution in [0.3, 0.4) is 0 Å². The number of nitrogens with zero attached hydrogens (tertiary/aromatic N) is 1. The number of urea groups is 1. The van der Waals surface area contributed by atoms with Crippen molar-refractivity contribution < 1.29 is 23.5 Å². The topological polar surface area (TPSA) is 75.7 Å². The summed E-state index contributed by atoms with van der Waals surface area (Å²) in [4.78, 5) is 38.3. The van der Waals surface area contributed by atoms with E-state index in [1.807, 2.05) is 6.07 Å². The molecule has 0 radical (unpaired) electrons. The van der Waals surface area contributed by atoms with Gasteiger partial charge >= 0.3 is 6.03 Å². The number of carbonyl (C=O) groups is 3. The van der Waals surface area contributed by atoms with Crippen molar-refractivity contribution in [2.24, 2.45) is 0 Å². The summed E-state index contributed by atoms with van der Waals surface area (Å²) in [6, 6.07) is 18.3. The second-order valence-electron chi connectivity index (χ2n) is 6.87. The second kappa shape index (κ2) is 9.03. The highest BCUT2D eigenvalue weighted by molar-refractivity contribution is 6.39. The fourth-order valence-electron chi connectivity index (χ4n) is 3.18. The average molecular weight is 451 g/mol. The van der Waals surface area contributed by atoms with Crippen molar-refractivity contribution in [3.63, 3.8) is 0 Å². The van der Waals surface area contributed by atoms with Crippen molar-refractivity contribution in [3.05, 3.63) is 100 Å². The van der Waals surface area contributed by atoms with Gasteiger partial charge in [-0.1, -0.05) is 54.1 Å². The standard InChI is InChI=1S/C24H16ClFN2O4/c25-17-8-5-6-15(12-17)14-32-21-11-4-1-7-16(21)13-18-22(29)27-24(31)28(23(18)30)20-10-3-2-9-19(20)26/h1-13H,14H2,(H,27,29,31)/b18-13-. The van der Waals surface area contributed by atoms with Crippen LogP contribution in [0.5, 0.6) is 5.75 Å². The van der Waals surface area contributed by atoms with E-state index in [1.165, 1.54) is 24.3 Å². The fraction of sp³-hybridized carbons (Fsp3) is 0.0417. The van der Waals surface area contributed by atoms with Crippen molar-refractivity contribution in [2.75, 3.05) is 4.90 Å². The summed E-state index contributed by atoms with van der Waals surface area (Å²) in [6.07, 6.45) is 1.31. The lowest BCUT2D eigenvalue weighted by Gasteiger charge is -2.26. The van der Waals surface area contributed by atoms with Gasteiger partial charge in [0, 0.05) is 10.6 Å². The highest BCUT2D eigenvalue weighted by Crippen LogP contribution is 2.27. The van der Waals surface area contributed by atoms with Gasteiger partial charge in [0.05, 0.1) is 5.69 Å². The normalized spacial score (nSPS) is 15.1. The molecule has 4 rings (SSSR count). The lowest BCUT2D eigenvalue weighted by atomic mass is 10.1. The molecule has 3 aromatic carbocycles. The number of anilines is 1. The van der Waals surface area contributed by atoms with E-state index in [0.717, 1.165) is 11.6 Å². The molecule has 6 nitrogen and oxygen atoms in total. The molecule has 0 aromatic heterocycles. The first kappa shape index (κ1) is 21.3. The van der Waals surface area contributed by atoms with Crippen molar-refractivity contribution in [1.29, 1.82) is 0 Å². The number of hydrogen-bond acceptors (Lipinski definition) is 4. The number of carbonyl (C=O) groups excluding carboxylic acids is 3. The van der Waals surface area contributed by atoms with Crippen LogP contribution in [0.15, 0.2) is 78.4 Å². The summed E-state index contributed by atoms with van der Waals surface area (Å²) in [5.74, 6) is -2.17. The van der Waals surface area contributed by atoms with Crippen LogP contribution in [0.1, 0.15) is 11.1 Å². The van der Waals surface area contributed by atoms with Gasteiger partial charge in [0.1, 0.15) is 23.7 Å². The number of halogens is 2. The first-order chi connectivity index (χ1) is 15.4. The van der Waals surface area contributed by atoms with Crippen LogP contribution in [0.2, 0.25) is 5.02 Å². The van der Waals surface area contributed by atoms with Crippen LogP contribution >= 0.6 is 11.6 Å². The highest BCUT2D eigenvalue weighted by atomic mass is 35.5. The largest absolute Gasteiger partial charge is 0.488 e. The third-order valence-corrected chi connectivity index (χ3v) is 4.93. The fourth-order valence-corrected chi connectivity index (χ4v) is 3.40. The first-order valence-corrected chi connectivity index (χ1v) is 9.94. The van der Waals surface area contributed by atoms with Gasteiger partial charge in [-0.25, -0.2) is 14.1 Å². The Balaban J connectivity index is 1.65. The smallest absolute Gasteiger partial charge is 0.336 e. The predicted molar refractivity (Wildman–Crippen MR) is 118 cm³/mol. The quantitative estimate of drug-likeness (QED) is 0.450. The van der Waals surface area contributed by atoms with Crippen LogP contribution in [0.25, 0.3) is 6.08 Å². The van der Waals surface area contributed by atoms with E-state index in [1.54, 1.807) is 42.5 Å². The Morgan fingerprint density at radius 3 is 2.50 bits per heavy atom. The predicted octanol–water partition coefficient (Wildman–Crippen LogP) is 4.72. The van der Waals surface area contributed by atoms with Gasteiger partial charge < -0.3 is 4.74 Å². The molecule has 0 saturated carbocycles. The minimum absolute atomic E-state index is 0.209. The molecule has 1 aliphatic heterocycles. The third-order valence-electron chi connectivity index (χ3n) is 4.70. The number of imide groups is 2. The van der Waals surface area contributed by atoms with Crippen molar-refractivity contribution in [2.45, 2.75) is 6.61 Å². The molecule has 0 atom stereocenters.